The number of carbonyl (C=O) groups excluding carboxylic acids is 2. The van der Waals surface area contributed by atoms with Crippen molar-refractivity contribution in [3.05, 3.63) is 125 Å². The molecule has 0 aliphatic carbocycles. The molecular weight excluding hydrogens is 618 g/mol. The van der Waals surface area contributed by atoms with E-state index in [1.165, 1.54) is 21.3 Å². The normalized spacial score (nSPS) is 14.6. The first-order chi connectivity index (χ1) is 20.3. The first-order valence-corrected chi connectivity index (χ1v) is 15.7. The van der Waals surface area contributed by atoms with E-state index in [0.717, 1.165) is 15.6 Å². The standard InChI is InChI=1S/C32H30BrN3O5S/c33-26-17-15-25(16-18-26)21-35(42(39,40)27-11-5-2-6-12-27)23-31(37)36-22-30(41-29-14-8-7-13-28(29)36)32(38)34-20-19-24-9-3-1-4-10-24/h1-18,30H,19-23H2,(H,34,38)/t30-/m0/s1. The van der Waals surface area contributed by atoms with Crippen LogP contribution >= 0.6 is 15.9 Å². The van der Waals surface area contributed by atoms with Gasteiger partial charge in [-0.25, -0.2) is 8.42 Å². The number of benzene rings is 4. The number of anilines is 1. The molecule has 4 aromatic rings. The Morgan fingerprint density at radius 3 is 2.21 bits per heavy atom. The number of nitrogens with zero attached hydrogens (tertiary/aromatic N) is 2. The monoisotopic (exact) mass is 647 g/mol. The van der Waals surface area contributed by atoms with Gasteiger partial charge in [0.1, 0.15) is 5.75 Å². The van der Waals surface area contributed by atoms with Crippen molar-refractivity contribution in [2.75, 3.05) is 24.5 Å². The summed E-state index contributed by atoms with van der Waals surface area (Å²) in [6.07, 6.45) is -0.300. The maximum absolute atomic E-state index is 13.9. The van der Waals surface area contributed by atoms with Crippen LogP contribution in [-0.2, 0) is 32.6 Å². The van der Waals surface area contributed by atoms with E-state index in [9.17, 15) is 18.0 Å². The van der Waals surface area contributed by atoms with Crippen LogP contribution in [0.5, 0.6) is 5.75 Å². The Kier molecular flexibility index (Phi) is 9.36. The minimum Gasteiger partial charge on any atom is -0.477 e. The number of para-hydroxylation sites is 2. The largest absolute Gasteiger partial charge is 0.477 e. The third-order valence-electron chi connectivity index (χ3n) is 6.89. The predicted molar refractivity (Wildman–Crippen MR) is 165 cm³/mol. The Bertz CT molecular complexity index is 1630. The lowest BCUT2D eigenvalue weighted by atomic mass is 10.1. The van der Waals surface area contributed by atoms with Crippen LogP contribution in [0.15, 0.2) is 119 Å². The van der Waals surface area contributed by atoms with Crippen molar-refractivity contribution in [3.8, 4) is 5.75 Å². The Labute approximate surface area is 254 Å². The molecule has 8 nitrogen and oxygen atoms in total. The van der Waals surface area contributed by atoms with E-state index < -0.39 is 28.6 Å². The van der Waals surface area contributed by atoms with Gasteiger partial charge in [-0.2, -0.15) is 4.31 Å². The molecule has 4 aromatic carbocycles. The first kappa shape index (κ1) is 29.5. The lowest BCUT2D eigenvalue weighted by Crippen LogP contribution is -2.53. The molecule has 1 aliphatic heterocycles. The minimum absolute atomic E-state index is 0.00830. The molecule has 2 amide bonds. The zero-order chi connectivity index (χ0) is 29.5. The number of hydrogen-bond donors (Lipinski definition) is 1. The highest BCUT2D eigenvalue weighted by molar-refractivity contribution is 9.10. The van der Waals surface area contributed by atoms with Crippen molar-refractivity contribution >= 4 is 43.5 Å². The van der Waals surface area contributed by atoms with Crippen LogP contribution in [0.2, 0.25) is 0 Å². The summed E-state index contributed by atoms with van der Waals surface area (Å²) in [4.78, 5) is 28.5. The van der Waals surface area contributed by atoms with Gasteiger partial charge in [0.25, 0.3) is 5.91 Å². The van der Waals surface area contributed by atoms with E-state index in [4.69, 9.17) is 4.74 Å². The fourth-order valence-electron chi connectivity index (χ4n) is 4.69. The topological polar surface area (TPSA) is 96.0 Å². The fourth-order valence-corrected chi connectivity index (χ4v) is 6.36. The Morgan fingerprint density at radius 1 is 0.857 bits per heavy atom. The molecule has 0 radical (unpaired) electrons. The minimum atomic E-state index is -4.03. The molecule has 0 saturated heterocycles. The van der Waals surface area contributed by atoms with Crippen LogP contribution < -0.4 is 15.0 Å². The Balaban J connectivity index is 1.36. The summed E-state index contributed by atoms with van der Waals surface area (Å²) in [7, 11) is -4.03. The molecule has 0 spiro atoms. The van der Waals surface area contributed by atoms with Crippen molar-refractivity contribution in [2.45, 2.75) is 24.0 Å². The molecule has 216 valence electrons. The van der Waals surface area contributed by atoms with E-state index >= 15 is 0 Å². The maximum atomic E-state index is 13.9. The fraction of sp³-hybridized carbons (Fsp3) is 0.188. The SMILES string of the molecule is O=C(NCCc1ccccc1)[C@@H]1CN(C(=O)CN(Cc2ccc(Br)cc2)S(=O)(=O)c2ccccc2)c2ccccc2O1. The highest BCUT2D eigenvalue weighted by Crippen LogP contribution is 2.33. The number of hydrogen-bond acceptors (Lipinski definition) is 5. The summed E-state index contributed by atoms with van der Waals surface area (Å²) in [5.74, 6) is -0.433. The summed E-state index contributed by atoms with van der Waals surface area (Å²) in [5, 5.41) is 2.90. The van der Waals surface area contributed by atoms with Crippen LogP contribution in [0.1, 0.15) is 11.1 Å². The number of fused-ring (bicyclic) bond motifs is 1. The third kappa shape index (κ3) is 7.07. The second-order valence-corrected chi connectivity index (χ2v) is 12.7. The van der Waals surface area contributed by atoms with Gasteiger partial charge in [0.15, 0.2) is 6.10 Å². The average molecular weight is 649 g/mol. The molecule has 0 saturated carbocycles. The molecule has 10 heteroatoms. The quantitative estimate of drug-likeness (QED) is 0.267. The van der Waals surface area contributed by atoms with Gasteiger partial charge in [-0.15, -0.1) is 0 Å². The van der Waals surface area contributed by atoms with Gasteiger partial charge in [0.05, 0.1) is 23.7 Å². The molecule has 1 aliphatic rings. The summed E-state index contributed by atoms with van der Waals surface area (Å²) in [5.41, 5.74) is 2.30. The van der Waals surface area contributed by atoms with Crippen molar-refractivity contribution in [3.63, 3.8) is 0 Å². The van der Waals surface area contributed by atoms with Crippen molar-refractivity contribution in [2.24, 2.45) is 0 Å². The number of nitrogens with one attached hydrogen (secondary N) is 1. The van der Waals surface area contributed by atoms with Gasteiger partial charge in [-0.3, -0.25) is 9.59 Å². The molecule has 0 unspecified atom stereocenters. The van der Waals surface area contributed by atoms with E-state index in [2.05, 4.69) is 21.2 Å². The second kappa shape index (κ2) is 13.3. The number of sulfonamides is 1. The Morgan fingerprint density at radius 2 is 1.50 bits per heavy atom. The highest BCUT2D eigenvalue weighted by Gasteiger charge is 2.36. The van der Waals surface area contributed by atoms with Crippen molar-refractivity contribution in [1.82, 2.24) is 9.62 Å². The van der Waals surface area contributed by atoms with E-state index in [-0.39, 0.29) is 23.9 Å². The van der Waals surface area contributed by atoms with Crippen LogP contribution in [0, 0.1) is 0 Å². The number of ether oxygens (including phenoxy) is 1. The third-order valence-corrected chi connectivity index (χ3v) is 9.22. The molecule has 0 fully saturated rings. The molecule has 1 heterocycles. The van der Waals surface area contributed by atoms with Crippen LogP contribution in [0.25, 0.3) is 0 Å². The molecule has 1 atom stereocenters. The number of carbonyl (C=O) groups is 2. The average Bonchev–Trinajstić information content (AvgIpc) is 3.02. The van der Waals surface area contributed by atoms with Gasteiger partial charge in [-0.1, -0.05) is 88.7 Å². The van der Waals surface area contributed by atoms with Crippen LogP contribution in [0.3, 0.4) is 0 Å². The summed E-state index contributed by atoms with van der Waals surface area (Å²) in [6, 6.07) is 32.1. The number of rotatable bonds is 10. The first-order valence-electron chi connectivity index (χ1n) is 13.5. The zero-order valence-corrected chi connectivity index (χ0v) is 25.1. The van der Waals surface area contributed by atoms with Gasteiger partial charge in [-0.05, 0) is 53.9 Å². The van der Waals surface area contributed by atoms with E-state index in [1.807, 2.05) is 54.6 Å². The van der Waals surface area contributed by atoms with Gasteiger partial charge in [0.2, 0.25) is 15.9 Å². The summed E-state index contributed by atoms with van der Waals surface area (Å²) in [6.45, 7) is -0.0747. The van der Waals surface area contributed by atoms with Crippen LogP contribution in [-0.4, -0.2) is 50.3 Å². The number of amides is 2. The van der Waals surface area contributed by atoms with Crippen molar-refractivity contribution < 1.29 is 22.7 Å². The lowest BCUT2D eigenvalue weighted by Gasteiger charge is -2.35. The smallest absolute Gasteiger partial charge is 0.262 e. The van der Waals surface area contributed by atoms with Crippen molar-refractivity contribution in [1.29, 1.82) is 0 Å². The van der Waals surface area contributed by atoms with Gasteiger partial charge < -0.3 is 15.0 Å². The number of halogens is 1. The van der Waals surface area contributed by atoms with Gasteiger partial charge >= 0.3 is 0 Å². The molecular formula is C32H30BrN3O5S. The molecule has 5 rings (SSSR count). The lowest BCUT2D eigenvalue weighted by molar-refractivity contribution is -0.128. The van der Waals surface area contributed by atoms with E-state index in [1.54, 1.807) is 42.5 Å². The molecule has 1 N–H and O–H groups in total. The second-order valence-electron chi connectivity index (χ2n) is 9.82. The predicted octanol–water partition coefficient (Wildman–Crippen LogP) is 4.79. The van der Waals surface area contributed by atoms with Crippen LogP contribution in [0.4, 0.5) is 5.69 Å². The summed E-state index contributed by atoms with van der Waals surface area (Å²) >= 11 is 3.40. The highest BCUT2D eigenvalue weighted by atomic mass is 79.9. The Hall–Kier alpha value is -3.99. The zero-order valence-electron chi connectivity index (χ0n) is 22.7. The summed E-state index contributed by atoms with van der Waals surface area (Å²) < 4.78 is 35.5. The molecule has 0 aromatic heterocycles. The van der Waals surface area contributed by atoms with Gasteiger partial charge in [0, 0.05) is 17.6 Å². The maximum Gasteiger partial charge on any atom is 0.262 e. The van der Waals surface area contributed by atoms with E-state index in [0.29, 0.717) is 24.4 Å². The molecule has 42 heavy (non-hydrogen) atoms. The molecule has 0 bridgehead atoms.